The van der Waals surface area contributed by atoms with Crippen LogP contribution in [0.3, 0.4) is 0 Å². The first-order valence-corrected chi connectivity index (χ1v) is 12.0. The van der Waals surface area contributed by atoms with Gasteiger partial charge in [0.2, 0.25) is 11.8 Å². The molecule has 0 unspecified atom stereocenters. The monoisotopic (exact) mass is 515 g/mol. The molecular formula is C25H27ClFN5O4. The molecule has 1 aliphatic carbocycles. The van der Waals surface area contributed by atoms with E-state index in [-0.39, 0.29) is 41.7 Å². The number of fused-ring (bicyclic) bond motifs is 1. The van der Waals surface area contributed by atoms with Gasteiger partial charge in [0.05, 0.1) is 16.6 Å². The Morgan fingerprint density at radius 1 is 1.14 bits per heavy atom. The molecule has 0 bridgehead atoms. The minimum atomic E-state index is -0.886. The number of aliphatic hydroxyl groups excluding tert-OH is 1. The first-order valence-electron chi connectivity index (χ1n) is 11.6. The summed E-state index contributed by atoms with van der Waals surface area (Å²) in [6, 6.07) is 11.5. The molecule has 0 saturated heterocycles. The number of benzene rings is 2. The molecular weight excluding hydrogens is 489 g/mol. The molecule has 1 aliphatic rings. The Bertz CT molecular complexity index is 1300. The van der Waals surface area contributed by atoms with E-state index in [1.807, 2.05) is 0 Å². The first kappa shape index (κ1) is 25.6. The molecule has 0 radical (unpaired) electrons. The van der Waals surface area contributed by atoms with Crippen molar-refractivity contribution in [3.63, 3.8) is 0 Å². The van der Waals surface area contributed by atoms with E-state index in [2.05, 4.69) is 15.7 Å². The van der Waals surface area contributed by atoms with Crippen molar-refractivity contribution in [2.75, 3.05) is 0 Å². The van der Waals surface area contributed by atoms with E-state index in [0.717, 1.165) is 0 Å². The third kappa shape index (κ3) is 5.66. The number of primary amides is 1. The number of carbonyl (C=O) groups is 3. The average molecular weight is 516 g/mol. The van der Waals surface area contributed by atoms with Crippen LogP contribution in [0.15, 0.2) is 42.5 Å². The fourth-order valence-corrected chi connectivity index (χ4v) is 4.85. The summed E-state index contributed by atoms with van der Waals surface area (Å²) in [6.45, 7) is -0.236. The molecule has 0 atom stereocenters. The lowest BCUT2D eigenvalue weighted by molar-refractivity contribution is -0.127. The number of halogens is 2. The maximum absolute atomic E-state index is 14.2. The lowest BCUT2D eigenvalue weighted by Crippen LogP contribution is -2.54. The highest BCUT2D eigenvalue weighted by Gasteiger charge is 2.38. The van der Waals surface area contributed by atoms with E-state index in [9.17, 15) is 23.9 Å². The Kier molecular flexibility index (Phi) is 7.56. The predicted octanol–water partition coefficient (Wildman–Crippen LogP) is 2.42. The molecule has 1 fully saturated rings. The lowest BCUT2D eigenvalue weighted by Gasteiger charge is -2.39. The molecule has 0 aliphatic heterocycles. The van der Waals surface area contributed by atoms with Crippen molar-refractivity contribution in [2.45, 2.75) is 56.8 Å². The predicted molar refractivity (Wildman–Crippen MR) is 131 cm³/mol. The number of aliphatic hydroxyl groups is 1. The summed E-state index contributed by atoms with van der Waals surface area (Å²) in [5, 5.41) is 20.4. The zero-order valence-electron chi connectivity index (χ0n) is 19.5. The normalized spacial score (nSPS) is 19.7. The molecule has 11 heteroatoms. The van der Waals surface area contributed by atoms with Crippen molar-refractivity contribution in [3.8, 4) is 0 Å². The van der Waals surface area contributed by atoms with Crippen LogP contribution in [-0.2, 0) is 22.7 Å². The van der Waals surface area contributed by atoms with Gasteiger partial charge in [-0.25, -0.2) is 4.39 Å². The number of para-hydroxylation sites is 1. The van der Waals surface area contributed by atoms with Gasteiger partial charge in [-0.2, -0.15) is 5.10 Å². The summed E-state index contributed by atoms with van der Waals surface area (Å²) in [5.74, 6) is -2.06. The number of nitrogens with two attached hydrogens (primary N) is 1. The van der Waals surface area contributed by atoms with E-state index >= 15 is 0 Å². The van der Waals surface area contributed by atoms with E-state index in [1.54, 1.807) is 30.3 Å². The van der Waals surface area contributed by atoms with Crippen molar-refractivity contribution in [2.24, 2.45) is 5.73 Å². The van der Waals surface area contributed by atoms with Crippen molar-refractivity contribution in [1.29, 1.82) is 0 Å². The van der Waals surface area contributed by atoms with Gasteiger partial charge in [-0.1, -0.05) is 41.9 Å². The molecule has 4 rings (SSSR count). The molecule has 1 saturated carbocycles. The number of amides is 3. The Morgan fingerprint density at radius 3 is 2.58 bits per heavy atom. The topological polar surface area (TPSA) is 139 Å². The minimum absolute atomic E-state index is 0.0302. The van der Waals surface area contributed by atoms with E-state index < -0.39 is 29.3 Å². The van der Waals surface area contributed by atoms with Gasteiger partial charge < -0.3 is 21.5 Å². The van der Waals surface area contributed by atoms with Gasteiger partial charge in [-0.05, 0) is 37.8 Å². The van der Waals surface area contributed by atoms with Crippen LogP contribution in [0.5, 0.6) is 0 Å². The minimum Gasteiger partial charge on any atom is -0.393 e. The lowest BCUT2D eigenvalue weighted by atomic mass is 9.77. The molecule has 1 aromatic heterocycles. The molecule has 190 valence electrons. The fourth-order valence-electron chi connectivity index (χ4n) is 4.65. The molecule has 3 aromatic rings. The fraction of sp³-hybridized carbons (Fsp3) is 0.360. The Hall–Kier alpha value is -3.50. The maximum Gasteiger partial charge on any atom is 0.269 e. The average Bonchev–Trinajstić information content (AvgIpc) is 3.20. The third-order valence-electron chi connectivity index (χ3n) is 6.51. The molecule has 0 spiro atoms. The largest absolute Gasteiger partial charge is 0.393 e. The second kappa shape index (κ2) is 10.6. The van der Waals surface area contributed by atoms with Crippen LogP contribution in [0, 0.1) is 5.82 Å². The van der Waals surface area contributed by atoms with Crippen LogP contribution < -0.4 is 16.4 Å². The summed E-state index contributed by atoms with van der Waals surface area (Å²) in [5.41, 5.74) is 5.45. The number of aromatic nitrogens is 2. The molecule has 2 aromatic carbocycles. The Balaban J connectivity index is 1.47. The third-order valence-corrected chi connectivity index (χ3v) is 6.80. The van der Waals surface area contributed by atoms with Crippen molar-refractivity contribution < 1.29 is 23.9 Å². The molecule has 1 heterocycles. The number of nitrogens with zero attached hydrogens (tertiary/aromatic N) is 2. The Morgan fingerprint density at radius 2 is 1.86 bits per heavy atom. The summed E-state index contributed by atoms with van der Waals surface area (Å²) in [6.07, 6.45) is 1.09. The smallest absolute Gasteiger partial charge is 0.269 e. The van der Waals surface area contributed by atoms with E-state index in [4.69, 9.17) is 17.3 Å². The number of hydrogen-bond acceptors (Lipinski definition) is 5. The standard InChI is InChI=1S/C25H27ClFN5O4/c26-18-6-3-4-15(22(18)27)13-29-20(34)12-25(10-8-16(33)9-11-25)30-21(35)14-32-19-7-2-1-5-17(19)23(31-32)24(28)36/h1-7,16,33H,8-14H2,(H2,28,36)(H,29,34)(H,30,35). The van der Waals surface area contributed by atoms with Crippen LogP contribution in [0.2, 0.25) is 5.02 Å². The van der Waals surface area contributed by atoms with Crippen LogP contribution in [0.4, 0.5) is 4.39 Å². The number of nitrogens with one attached hydrogen (secondary N) is 2. The number of hydrogen-bond donors (Lipinski definition) is 4. The van der Waals surface area contributed by atoms with Crippen LogP contribution in [-0.4, -0.2) is 44.3 Å². The van der Waals surface area contributed by atoms with Gasteiger partial charge in [0.15, 0.2) is 5.69 Å². The van der Waals surface area contributed by atoms with Gasteiger partial charge in [0.25, 0.3) is 5.91 Å². The maximum atomic E-state index is 14.2. The van der Waals surface area contributed by atoms with E-state index in [0.29, 0.717) is 36.6 Å². The van der Waals surface area contributed by atoms with Crippen molar-refractivity contribution >= 4 is 40.2 Å². The SMILES string of the molecule is NC(=O)c1nn(CC(=O)NC2(CC(=O)NCc3cccc(Cl)c3F)CCC(O)CC2)c2ccccc12. The quantitative estimate of drug-likeness (QED) is 0.365. The van der Waals surface area contributed by atoms with Gasteiger partial charge in [0.1, 0.15) is 12.4 Å². The summed E-state index contributed by atoms with van der Waals surface area (Å²) in [4.78, 5) is 37.7. The van der Waals surface area contributed by atoms with Crippen LogP contribution in [0.1, 0.15) is 48.2 Å². The highest BCUT2D eigenvalue weighted by Crippen LogP contribution is 2.32. The number of rotatable bonds is 8. The second-order valence-electron chi connectivity index (χ2n) is 9.11. The van der Waals surface area contributed by atoms with Crippen molar-refractivity contribution in [3.05, 3.63) is 64.6 Å². The summed E-state index contributed by atoms with van der Waals surface area (Å²) < 4.78 is 15.6. The van der Waals surface area contributed by atoms with E-state index in [1.165, 1.54) is 16.8 Å². The van der Waals surface area contributed by atoms with Gasteiger partial charge in [0, 0.05) is 29.5 Å². The molecule has 3 amide bonds. The highest BCUT2D eigenvalue weighted by atomic mass is 35.5. The number of carbonyl (C=O) groups excluding carboxylic acids is 3. The molecule has 9 nitrogen and oxygen atoms in total. The zero-order chi connectivity index (χ0) is 25.9. The van der Waals surface area contributed by atoms with Gasteiger partial charge in [-0.3, -0.25) is 19.1 Å². The van der Waals surface area contributed by atoms with Crippen LogP contribution >= 0.6 is 11.6 Å². The summed E-state index contributed by atoms with van der Waals surface area (Å²) >= 11 is 5.81. The first-order chi connectivity index (χ1) is 17.2. The van der Waals surface area contributed by atoms with Crippen molar-refractivity contribution in [1.82, 2.24) is 20.4 Å². The Labute approximate surface area is 211 Å². The zero-order valence-corrected chi connectivity index (χ0v) is 20.2. The molecule has 36 heavy (non-hydrogen) atoms. The highest BCUT2D eigenvalue weighted by molar-refractivity contribution is 6.30. The summed E-state index contributed by atoms with van der Waals surface area (Å²) in [7, 11) is 0. The molecule has 5 N–H and O–H groups in total. The van der Waals surface area contributed by atoms with Gasteiger partial charge in [-0.15, -0.1) is 0 Å². The van der Waals surface area contributed by atoms with Crippen LogP contribution in [0.25, 0.3) is 10.9 Å². The van der Waals surface area contributed by atoms with Gasteiger partial charge >= 0.3 is 0 Å². The second-order valence-corrected chi connectivity index (χ2v) is 9.52.